The fourth-order valence-corrected chi connectivity index (χ4v) is 2.91. The third kappa shape index (κ3) is 2.15. The van der Waals surface area contributed by atoms with Crippen molar-refractivity contribution in [2.75, 3.05) is 0 Å². The van der Waals surface area contributed by atoms with Gasteiger partial charge < -0.3 is 0 Å². The number of fused-ring (bicyclic) bond motifs is 1. The van der Waals surface area contributed by atoms with Gasteiger partial charge in [-0.3, -0.25) is 4.98 Å². The second kappa shape index (κ2) is 4.74. The van der Waals surface area contributed by atoms with Crippen LogP contribution in [-0.4, -0.2) is 4.98 Å². The highest BCUT2D eigenvalue weighted by atomic mass is 79.9. The first kappa shape index (κ1) is 12.3. The molecule has 0 aliphatic heterocycles. The van der Waals surface area contributed by atoms with E-state index in [0.29, 0.717) is 5.56 Å². The number of aromatic nitrogens is 1. The van der Waals surface area contributed by atoms with Crippen LogP contribution < -0.4 is 0 Å². The lowest BCUT2D eigenvalue weighted by molar-refractivity contribution is 0.630. The number of pyridine rings is 1. The third-order valence-corrected chi connectivity index (χ3v) is 3.87. The molecule has 19 heavy (non-hydrogen) atoms. The first-order chi connectivity index (χ1) is 9.16. The van der Waals surface area contributed by atoms with Gasteiger partial charge in [-0.15, -0.1) is 0 Å². The lowest BCUT2D eigenvalue weighted by Gasteiger charge is -2.10. The largest absolute Gasteiger partial charge is 0.264 e. The van der Waals surface area contributed by atoms with E-state index in [4.69, 9.17) is 0 Å². The van der Waals surface area contributed by atoms with Crippen molar-refractivity contribution >= 4 is 26.7 Å². The van der Waals surface area contributed by atoms with Crippen molar-refractivity contribution in [1.82, 2.24) is 4.98 Å². The van der Waals surface area contributed by atoms with Crippen molar-refractivity contribution in [2.24, 2.45) is 0 Å². The van der Waals surface area contributed by atoms with Crippen LogP contribution in [0.2, 0.25) is 0 Å². The van der Waals surface area contributed by atoms with Crippen molar-refractivity contribution in [2.45, 2.75) is 6.92 Å². The van der Waals surface area contributed by atoms with Crippen molar-refractivity contribution < 1.29 is 4.39 Å². The van der Waals surface area contributed by atoms with Gasteiger partial charge in [-0.25, -0.2) is 4.39 Å². The monoisotopic (exact) mass is 315 g/mol. The number of benzene rings is 2. The maximum atomic E-state index is 14.0. The zero-order valence-corrected chi connectivity index (χ0v) is 11.9. The van der Waals surface area contributed by atoms with E-state index < -0.39 is 0 Å². The average molecular weight is 316 g/mol. The first-order valence-electron chi connectivity index (χ1n) is 5.95. The molecule has 0 bridgehead atoms. The number of nitrogens with zero attached hydrogens (tertiary/aromatic N) is 1. The molecule has 3 aromatic rings. The Morgan fingerprint density at radius 3 is 2.79 bits per heavy atom. The minimum absolute atomic E-state index is 0.199. The summed E-state index contributed by atoms with van der Waals surface area (Å²) in [4.78, 5) is 4.12. The van der Waals surface area contributed by atoms with Gasteiger partial charge in [0.15, 0.2) is 0 Å². The molecule has 0 radical (unpaired) electrons. The van der Waals surface area contributed by atoms with E-state index in [1.165, 1.54) is 6.07 Å². The quantitative estimate of drug-likeness (QED) is 0.608. The minimum Gasteiger partial charge on any atom is -0.264 e. The van der Waals surface area contributed by atoms with E-state index in [0.717, 1.165) is 26.4 Å². The molecule has 0 spiro atoms. The molecule has 94 valence electrons. The summed E-state index contributed by atoms with van der Waals surface area (Å²) in [5, 5.41) is 2.07. The van der Waals surface area contributed by atoms with Crippen LogP contribution in [0, 0.1) is 12.7 Å². The molecule has 0 atom stereocenters. The Balaban J connectivity index is 2.32. The fourth-order valence-electron chi connectivity index (χ4n) is 2.30. The zero-order chi connectivity index (χ0) is 13.4. The van der Waals surface area contributed by atoms with E-state index in [2.05, 4.69) is 20.9 Å². The highest BCUT2D eigenvalue weighted by molar-refractivity contribution is 9.10. The molecule has 0 amide bonds. The fraction of sp³-hybridized carbons (Fsp3) is 0.0625. The topological polar surface area (TPSA) is 12.9 Å². The molecule has 3 rings (SSSR count). The van der Waals surface area contributed by atoms with Gasteiger partial charge in [-0.2, -0.15) is 0 Å². The molecule has 0 fully saturated rings. The SMILES string of the molecule is Cc1cccc(F)c1-c1cc(Br)c2ccncc2c1. The Bertz CT molecular complexity index is 748. The second-order valence-corrected chi connectivity index (χ2v) is 5.34. The number of hydrogen-bond acceptors (Lipinski definition) is 1. The van der Waals surface area contributed by atoms with Crippen LogP contribution in [0.15, 0.2) is 53.3 Å². The van der Waals surface area contributed by atoms with Crippen LogP contribution in [-0.2, 0) is 0 Å². The molecular formula is C16H11BrFN. The maximum absolute atomic E-state index is 14.0. The van der Waals surface area contributed by atoms with E-state index >= 15 is 0 Å². The second-order valence-electron chi connectivity index (χ2n) is 4.49. The summed E-state index contributed by atoms with van der Waals surface area (Å²) in [6, 6.07) is 11.0. The smallest absolute Gasteiger partial charge is 0.131 e. The summed E-state index contributed by atoms with van der Waals surface area (Å²) >= 11 is 3.54. The van der Waals surface area contributed by atoms with Crippen LogP contribution in [0.5, 0.6) is 0 Å². The molecule has 1 heterocycles. The molecule has 0 unspecified atom stereocenters. The van der Waals surface area contributed by atoms with E-state index in [-0.39, 0.29) is 5.82 Å². The molecule has 3 heteroatoms. The third-order valence-electron chi connectivity index (χ3n) is 3.21. The van der Waals surface area contributed by atoms with Gasteiger partial charge in [0.2, 0.25) is 0 Å². The molecule has 0 aliphatic rings. The van der Waals surface area contributed by atoms with Gasteiger partial charge >= 0.3 is 0 Å². The summed E-state index contributed by atoms with van der Waals surface area (Å²) in [7, 11) is 0. The Morgan fingerprint density at radius 2 is 2.00 bits per heavy atom. The van der Waals surface area contributed by atoms with Gasteiger partial charge in [-0.1, -0.05) is 28.1 Å². The lowest BCUT2D eigenvalue weighted by atomic mass is 9.98. The van der Waals surface area contributed by atoms with Crippen molar-refractivity contribution in [3.05, 3.63) is 64.6 Å². The Hall–Kier alpha value is -1.74. The molecule has 0 saturated heterocycles. The van der Waals surface area contributed by atoms with Crippen molar-refractivity contribution in [3.63, 3.8) is 0 Å². The van der Waals surface area contributed by atoms with Crippen molar-refractivity contribution in [3.8, 4) is 11.1 Å². The summed E-state index contributed by atoms with van der Waals surface area (Å²) in [6.45, 7) is 1.92. The van der Waals surface area contributed by atoms with Crippen LogP contribution in [0.3, 0.4) is 0 Å². The number of aryl methyl sites for hydroxylation is 1. The highest BCUT2D eigenvalue weighted by Crippen LogP contribution is 2.33. The van der Waals surface area contributed by atoms with E-state index in [1.54, 1.807) is 18.5 Å². The van der Waals surface area contributed by atoms with Gasteiger partial charge in [0, 0.05) is 27.8 Å². The molecule has 0 aliphatic carbocycles. The molecular weight excluding hydrogens is 305 g/mol. The summed E-state index contributed by atoms with van der Waals surface area (Å²) in [6.07, 6.45) is 3.54. The molecule has 1 aromatic heterocycles. The minimum atomic E-state index is -0.199. The lowest BCUT2D eigenvalue weighted by Crippen LogP contribution is -1.89. The summed E-state index contributed by atoms with van der Waals surface area (Å²) in [5.74, 6) is -0.199. The highest BCUT2D eigenvalue weighted by Gasteiger charge is 2.10. The summed E-state index contributed by atoms with van der Waals surface area (Å²) < 4.78 is 15.0. The Kier molecular flexibility index (Phi) is 3.07. The molecule has 0 N–H and O–H groups in total. The van der Waals surface area contributed by atoms with E-state index in [1.807, 2.05) is 31.2 Å². The number of rotatable bonds is 1. The standard InChI is InChI=1S/C16H11BrFN/c1-10-3-2-4-15(18)16(10)11-7-12-9-19-6-5-13(12)14(17)8-11/h2-9H,1H3. The van der Waals surface area contributed by atoms with Crippen LogP contribution in [0.4, 0.5) is 4.39 Å². The molecule has 1 nitrogen and oxygen atoms in total. The predicted molar refractivity (Wildman–Crippen MR) is 79.6 cm³/mol. The Labute approximate surface area is 119 Å². The number of halogens is 2. The van der Waals surface area contributed by atoms with E-state index in [9.17, 15) is 4.39 Å². The van der Waals surface area contributed by atoms with Crippen LogP contribution >= 0.6 is 15.9 Å². The van der Waals surface area contributed by atoms with Crippen LogP contribution in [0.1, 0.15) is 5.56 Å². The van der Waals surface area contributed by atoms with Crippen LogP contribution in [0.25, 0.3) is 21.9 Å². The van der Waals surface area contributed by atoms with Crippen molar-refractivity contribution in [1.29, 1.82) is 0 Å². The normalized spacial score (nSPS) is 10.9. The van der Waals surface area contributed by atoms with Gasteiger partial charge in [-0.05, 0) is 47.7 Å². The predicted octanol–water partition coefficient (Wildman–Crippen LogP) is 5.11. The van der Waals surface area contributed by atoms with Gasteiger partial charge in [0.1, 0.15) is 5.82 Å². The molecule has 2 aromatic carbocycles. The Morgan fingerprint density at radius 1 is 1.16 bits per heavy atom. The zero-order valence-electron chi connectivity index (χ0n) is 10.3. The van der Waals surface area contributed by atoms with Gasteiger partial charge in [0.25, 0.3) is 0 Å². The average Bonchev–Trinajstić information content (AvgIpc) is 2.38. The first-order valence-corrected chi connectivity index (χ1v) is 6.75. The molecule has 0 saturated carbocycles. The van der Waals surface area contributed by atoms with Gasteiger partial charge in [0.05, 0.1) is 0 Å². The number of hydrogen-bond donors (Lipinski definition) is 0. The maximum Gasteiger partial charge on any atom is 0.131 e. The summed E-state index contributed by atoms with van der Waals surface area (Å²) in [5.41, 5.74) is 2.44.